The lowest BCUT2D eigenvalue weighted by Gasteiger charge is -2.18. The second-order valence-electron chi connectivity index (χ2n) is 4.44. The van der Waals surface area contributed by atoms with Crippen LogP contribution in [0.5, 0.6) is 0 Å². The van der Waals surface area contributed by atoms with Crippen molar-refractivity contribution in [1.82, 2.24) is 9.55 Å². The first-order valence-electron chi connectivity index (χ1n) is 5.67. The minimum absolute atomic E-state index is 0.332. The number of thioether (sulfide) groups is 1. The number of nitrogens with zero attached hydrogens (tertiary/aromatic N) is 2. The first-order chi connectivity index (χ1) is 7.34. The number of fused-ring (bicyclic) bond motifs is 1. The molecule has 1 aromatic rings. The summed E-state index contributed by atoms with van der Waals surface area (Å²) in [6, 6.07) is 0. The van der Waals surface area contributed by atoms with Gasteiger partial charge in [-0.25, -0.2) is 4.98 Å². The Kier molecular flexibility index (Phi) is 2.48. The van der Waals surface area contributed by atoms with E-state index >= 15 is 0 Å². The molecular formula is C11H16N2OS. The van der Waals surface area contributed by atoms with Crippen LogP contribution in [0.2, 0.25) is 0 Å². The molecule has 2 atom stereocenters. The van der Waals surface area contributed by atoms with Gasteiger partial charge in [0.05, 0.1) is 5.69 Å². The number of aliphatic hydroxyl groups is 1. The van der Waals surface area contributed by atoms with Crippen molar-refractivity contribution in [2.45, 2.75) is 37.8 Å². The standard InChI is InChI=1S/C11H16N2OS/c14-10-2-1-4-13-6-9(12-11(10)13)8-3-5-15-7-8/h6,8,10,14H,1-5,7H2. The molecule has 3 rings (SSSR count). The van der Waals surface area contributed by atoms with Crippen molar-refractivity contribution in [3.05, 3.63) is 17.7 Å². The molecular weight excluding hydrogens is 208 g/mol. The van der Waals surface area contributed by atoms with Crippen molar-refractivity contribution in [2.24, 2.45) is 0 Å². The topological polar surface area (TPSA) is 38.0 Å². The van der Waals surface area contributed by atoms with Crippen LogP contribution in [0.15, 0.2) is 6.20 Å². The number of aliphatic hydroxyl groups excluding tert-OH is 1. The summed E-state index contributed by atoms with van der Waals surface area (Å²) >= 11 is 2.01. The summed E-state index contributed by atoms with van der Waals surface area (Å²) in [5.41, 5.74) is 1.20. The average Bonchev–Trinajstić information content (AvgIpc) is 2.86. The van der Waals surface area contributed by atoms with E-state index in [-0.39, 0.29) is 6.10 Å². The maximum absolute atomic E-state index is 9.83. The van der Waals surface area contributed by atoms with Gasteiger partial charge in [0.1, 0.15) is 11.9 Å². The number of aryl methyl sites for hydroxylation is 1. The smallest absolute Gasteiger partial charge is 0.137 e. The Morgan fingerprint density at radius 3 is 3.13 bits per heavy atom. The van der Waals surface area contributed by atoms with Gasteiger partial charge < -0.3 is 9.67 Å². The van der Waals surface area contributed by atoms with Gasteiger partial charge >= 0.3 is 0 Å². The summed E-state index contributed by atoms with van der Waals surface area (Å²) in [6.07, 6.45) is 5.02. The fourth-order valence-electron chi connectivity index (χ4n) is 2.44. The van der Waals surface area contributed by atoms with Gasteiger partial charge in [0.15, 0.2) is 0 Å². The molecule has 15 heavy (non-hydrogen) atoms. The number of hydrogen-bond donors (Lipinski definition) is 1. The minimum Gasteiger partial charge on any atom is -0.385 e. The van der Waals surface area contributed by atoms with Crippen LogP contribution in [0.4, 0.5) is 0 Å². The monoisotopic (exact) mass is 224 g/mol. The molecule has 2 aliphatic heterocycles. The van der Waals surface area contributed by atoms with Gasteiger partial charge in [0.25, 0.3) is 0 Å². The van der Waals surface area contributed by atoms with E-state index in [2.05, 4.69) is 15.7 Å². The van der Waals surface area contributed by atoms with Crippen molar-refractivity contribution in [1.29, 1.82) is 0 Å². The van der Waals surface area contributed by atoms with Crippen LogP contribution in [-0.2, 0) is 6.54 Å². The Labute approximate surface area is 93.9 Å². The summed E-state index contributed by atoms with van der Waals surface area (Å²) in [6.45, 7) is 1.03. The Morgan fingerprint density at radius 1 is 1.47 bits per heavy atom. The number of imidazole rings is 1. The molecule has 2 aliphatic rings. The lowest BCUT2D eigenvalue weighted by Crippen LogP contribution is -2.14. The molecule has 0 aliphatic carbocycles. The van der Waals surface area contributed by atoms with E-state index in [0.717, 1.165) is 25.2 Å². The molecule has 0 radical (unpaired) electrons. The third-order valence-corrected chi connectivity index (χ3v) is 4.51. The molecule has 0 spiro atoms. The Morgan fingerprint density at radius 2 is 2.40 bits per heavy atom. The molecule has 0 amide bonds. The van der Waals surface area contributed by atoms with Gasteiger partial charge in [0, 0.05) is 24.4 Å². The molecule has 1 fully saturated rings. The van der Waals surface area contributed by atoms with Crippen molar-refractivity contribution in [2.75, 3.05) is 11.5 Å². The Balaban J connectivity index is 1.90. The zero-order chi connectivity index (χ0) is 10.3. The van der Waals surface area contributed by atoms with Gasteiger partial charge in [-0.3, -0.25) is 0 Å². The number of hydrogen-bond acceptors (Lipinski definition) is 3. The summed E-state index contributed by atoms with van der Waals surface area (Å²) < 4.78 is 2.15. The highest BCUT2D eigenvalue weighted by atomic mass is 32.2. The predicted octanol–water partition coefficient (Wildman–Crippen LogP) is 1.93. The van der Waals surface area contributed by atoms with Crippen molar-refractivity contribution >= 4 is 11.8 Å². The van der Waals surface area contributed by atoms with Crippen LogP contribution in [0.3, 0.4) is 0 Å². The Bertz CT molecular complexity index is 357. The van der Waals surface area contributed by atoms with Crippen LogP contribution >= 0.6 is 11.8 Å². The molecule has 4 heteroatoms. The van der Waals surface area contributed by atoms with Gasteiger partial charge in [-0.15, -0.1) is 0 Å². The summed E-state index contributed by atoms with van der Waals surface area (Å²) in [5.74, 6) is 3.98. The molecule has 82 valence electrons. The summed E-state index contributed by atoms with van der Waals surface area (Å²) in [7, 11) is 0. The highest BCUT2D eigenvalue weighted by Gasteiger charge is 2.25. The Hall–Kier alpha value is -0.480. The van der Waals surface area contributed by atoms with E-state index in [1.54, 1.807) is 0 Å². The van der Waals surface area contributed by atoms with Gasteiger partial charge in [0.2, 0.25) is 0 Å². The fraction of sp³-hybridized carbons (Fsp3) is 0.727. The van der Waals surface area contributed by atoms with Gasteiger partial charge in [-0.2, -0.15) is 11.8 Å². The largest absolute Gasteiger partial charge is 0.385 e. The molecule has 1 saturated heterocycles. The van der Waals surface area contributed by atoms with Crippen LogP contribution in [0, 0.1) is 0 Å². The van der Waals surface area contributed by atoms with Crippen molar-refractivity contribution in [3.8, 4) is 0 Å². The fourth-order valence-corrected chi connectivity index (χ4v) is 3.68. The number of aromatic nitrogens is 2. The summed E-state index contributed by atoms with van der Waals surface area (Å²) in [4.78, 5) is 4.61. The molecule has 3 heterocycles. The lowest BCUT2D eigenvalue weighted by atomic mass is 10.1. The normalized spacial score (nSPS) is 30.5. The van der Waals surface area contributed by atoms with E-state index in [1.165, 1.54) is 23.6 Å². The first-order valence-corrected chi connectivity index (χ1v) is 6.83. The second-order valence-corrected chi connectivity index (χ2v) is 5.59. The third kappa shape index (κ3) is 1.70. The van der Waals surface area contributed by atoms with E-state index in [0.29, 0.717) is 5.92 Å². The van der Waals surface area contributed by atoms with E-state index in [9.17, 15) is 5.11 Å². The van der Waals surface area contributed by atoms with Gasteiger partial charge in [-0.05, 0) is 25.0 Å². The van der Waals surface area contributed by atoms with Gasteiger partial charge in [-0.1, -0.05) is 0 Å². The van der Waals surface area contributed by atoms with Crippen LogP contribution in [-0.4, -0.2) is 26.2 Å². The molecule has 2 unspecified atom stereocenters. The van der Waals surface area contributed by atoms with E-state index in [4.69, 9.17) is 0 Å². The maximum atomic E-state index is 9.83. The molecule has 3 nitrogen and oxygen atoms in total. The molecule has 0 aromatic carbocycles. The van der Waals surface area contributed by atoms with E-state index < -0.39 is 0 Å². The zero-order valence-corrected chi connectivity index (χ0v) is 9.54. The second kappa shape index (κ2) is 3.83. The third-order valence-electron chi connectivity index (χ3n) is 3.35. The van der Waals surface area contributed by atoms with E-state index in [1.807, 2.05) is 11.8 Å². The van der Waals surface area contributed by atoms with Crippen molar-refractivity contribution < 1.29 is 5.11 Å². The predicted molar refractivity (Wildman–Crippen MR) is 61.1 cm³/mol. The van der Waals surface area contributed by atoms with Crippen molar-refractivity contribution in [3.63, 3.8) is 0 Å². The van der Waals surface area contributed by atoms with Crippen LogP contribution in [0.25, 0.3) is 0 Å². The molecule has 0 bridgehead atoms. The minimum atomic E-state index is -0.332. The number of rotatable bonds is 1. The zero-order valence-electron chi connectivity index (χ0n) is 8.72. The highest BCUT2D eigenvalue weighted by Crippen LogP contribution is 2.33. The quantitative estimate of drug-likeness (QED) is 0.792. The summed E-state index contributed by atoms with van der Waals surface area (Å²) in [5, 5.41) is 9.83. The SMILES string of the molecule is OC1CCCn2cc(C3CCSC3)nc21. The maximum Gasteiger partial charge on any atom is 0.137 e. The molecule has 1 N–H and O–H groups in total. The van der Waals surface area contributed by atoms with Crippen LogP contribution in [0.1, 0.15) is 42.8 Å². The lowest BCUT2D eigenvalue weighted by molar-refractivity contribution is 0.133. The van der Waals surface area contributed by atoms with Crippen LogP contribution < -0.4 is 0 Å². The molecule has 1 aromatic heterocycles. The average molecular weight is 224 g/mol. The molecule has 0 saturated carbocycles. The first kappa shape index (κ1) is 9.73. The highest BCUT2D eigenvalue weighted by molar-refractivity contribution is 7.99.